The van der Waals surface area contributed by atoms with Gasteiger partial charge in [-0.3, -0.25) is 0 Å². The summed E-state index contributed by atoms with van der Waals surface area (Å²) in [4.78, 5) is 0. The first kappa shape index (κ1) is 10.0. The fourth-order valence-electron chi connectivity index (χ4n) is 0.759. The Morgan fingerprint density at radius 1 is 1.62 bits per heavy atom. The highest BCUT2D eigenvalue weighted by atomic mass is 32.2. The molecule has 0 atom stereocenters. The third kappa shape index (κ3) is 2.72. The third-order valence-corrected chi connectivity index (χ3v) is 2.07. The van der Waals surface area contributed by atoms with Crippen molar-refractivity contribution >= 4 is 15.7 Å². The molecule has 0 aromatic carbocycles. The van der Waals surface area contributed by atoms with E-state index in [2.05, 4.69) is 9.73 Å². The fraction of sp³-hybridized carbons (Fsp3) is 0.333. The number of hydrogen-bond acceptors (Lipinski definition) is 5. The van der Waals surface area contributed by atoms with E-state index in [-0.39, 0.29) is 11.7 Å². The first-order valence-electron chi connectivity index (χ1n) is 3.50. The monoisotopic (exact) mass is 206 g/mol. The van der Waals surface area contributed by atoms with Gasteiger partial charge in [-0.05, 0) is 0 Å². The van der Waals surface area contributed by atoms with Gasteiger partial charge in [-0.2, -0.15) is 0 Å². The van der Waals surface area contributed by atoms with E-state index < -0.39 is 10.0 Å². The molecule has 1 rings (SSSR count). The van der Waals surface area contributed by atoms with E-state index in [1.54, 1.807) is 0 Å². The first-order valence-corrected chi connectivity index (χ1v) is 5.05. The summed E-state index contributed by atoms with van der Waals surface area (Å²) < 4.78 is 26.1. The van der Waals surface area contributed by atoms with Crippen molar-refractivity contribution in [1.29, 1.82) is 0 Å². The van der Waals surface area contributed by atoms with Crippen molar-refractivity contribution in [1.82, 2.24) is 0 Å². The number of hydrogen-bond donors (Lipinski definition) is 3. The van der Waals surface area contributed by atoms with E-state index in [1.165, 1.54) is 12.3 Å². The van der Waals surface area contributed by atoms with Crippen LogP contribution < -0.4 is 10.5 Å². The zero-order valence-corrected chi connectivity index (χ0v) is 7.54. The summed E-state index contributed by atoms with van der Waals surface area (Å²) in [6.07, 6.45) is 1.22. The van der Waals surface area contributed by atoms with Crippen LogP contribution in [0.3, 0.4) is 0 Å². The van der Waals surface area contributed by atoms with E-state index in [0.717, 1.165) is 0 Å². The molecular weight excluding hydrogens is 196 g/mol. The molecule has 0 fully saturated rings. The fourth-order valence-corrected chi connectivity index (χ4v) is 1.23. The van der Waals surface area contributed by atoms with Crippen LogP contribution in [0.25, 0.3) is 0 Å². The average Bonchev–Trinajstić information content (AvgIpc) is 2.47. The van der Waals surface area contributed by atoms with Crippen molar-refractivity contribution in [3.05, 3.63) is 12.3 Å². The number of aliphatic hydroxyl groups excluding tert-OH is 1. The molecule has 1 aromatic rings. The lowest BCUT2D eigenvalue weighted by Crippen LogP contribution is -2.11. The number of primary sulfonamides is 1. The summed E-state index contributed by atoms with van der Waals surface area (Å²) in [5.41, 5.74) is 0.470. The number of rotatable bonds is 4. The van der Waals surface area contributed by atoms with E-state index in [0.29, 0.717) is 12.2 Å². The lowest BCUT2D eigenvalue weighted by Gasteiger charge is -1.96. The molecule has 0 aliphatic rings. The van der Waals surface area contributed by atoms with Crippen LogP contribution in [-0.4, -0.2) is 26.7 Å². The Labute approximate surface area is 75.4 Å². The number of sulfonamides is 1. The molecule has 1 heterocycles. The maximum Gasteiger partial charge on any atom is 0.271 e. The van der Waals surface area contributed by atoms with Crippen molar-refractivity contribution in [3.8, 4) is 0 Å². The molecule has 74 valence electrons. The second-order valence-corrected chi connectivity index (χ2v) is 3.84. The van der Waals surface area contributed by atoms with Gasteiger partial charge in [0.05, 0.1) is 12.3 Å². The normalized spacial score (nSPS) is 11.5. The van der Waals surface area contributed by atoms with Gasteiger partial charge >= 0.3 is 0 Å². The number of furan rings is 1. The van der Waals surface area contributed by atoms with Crippen LogP contribution in [0.1, 0.15) is 0 Å². The smallest absolute Gasteiger partial charge is 0.271 e. The predicted molar refractivity (Wildman–Crippen MR) is 45.7 cm³/mol. The molecule has 0 aliphatic heterocycles. The first-order chi connectivity index (χ1) is 6.04. The molecular formula is C6H10N2O4S. The molecule has 6 nitrogen and oxygen atoms in total. The Morgan fingerprint density at radius 2 is 2.31 bits per heavy atom. The molecule has 0 radical (unpaired) electrons. The van der Waals surface area contributed by atoms with Gasteiger partial charge in [-0.15, -0.1) is 0 Å². The van der Waals surface area contributed by atoms with Crippen molar-refractivity contribution in [3.63, 3.8) is 0 Å². The van der Waals surface area contributed by atoms with Crippen molar-refractivity contribution in [2.45, 2.75) is 5.09 Å². The summed E-state index contributed by atoms with van der Waals surface area (Å²) in [5, 5.41) is 15.7. The Morgan fingerprint density at radius 3 is 2.77 bits per heavy atom. The minimum Gasteiger partial charge on any atom is -0.449 e. The SMILES string of the molecule is NS(=O)(=O)c1cc(NCCO)co1. The van der Waals surface area contributed by atoms with Gasteiger partial charge in [0.15, 0.2) is 0 Å². The van der Waals surface area contributed by atoms with Crippen LogP contribution in [-0.2, 0) is 10.0 Å². The molecule has 0 bridgehead atoms. The Balaban J connectivity index is 2.76. The topological polar surface area (TPSA) is 106 Å². The molecule has 7 heteroatoms. The van der Waals surface area contributed by atoms with Gasteiger partial charge in [-0.1, -0.05) is 0 Å². The van der Waals surface area contributed by atoms with E-state index in [1.807, 2.05) is 0 Å². The van der Waals surface area contributed by atoms with Crippen LogP contribution >= 0.6 is 0 Å². The Kier molecular flexibility index (Phi) is 2.91. The molecule has 0 amide bonds. The summed E-state index contributed by atoms with van der Waals surface area (Å²) in [6.45, 7) is 0.277. The van der Waals surface area contributed by atoms with Gasteiger partial charge in [0.1, 0.15) is 6.26 Å². The highest BCUT2D eigenvalue weighted by Gasteiger charge is 2.12. The van der Waals surface area contributed by atoms with Crippen molar-refractivity contribution < 1.29 is 17.9 Å². The second kappa shape index (κ2) is 3.77. The third-order valence-electron chi connectivity index (χ3n) is 1.30. The van der Waals surface area contributed by atoms with Gasteiger partial charge in [0, 0.05) is 12.6 Å². The molecule has 13 heavy (non-hydrogen) atoms. The summed E-state index contributed by atoms with van der Waals surface area (Å²) in [7, 11) is -3.78. The lowest BCUT2D eigenvalue weighted by atomic mass is 10.5. The van der Waals surface area contributed by atoms with Crippen LogP contribution in [0, 0.1) is 0 Å². The van der Waals surface area contributed by atoms with E-state index in [9.17, 15) is 8.42 Å². The molecule has 1 aromatic heterocycles. The number of anilines is 1. The molecule has 0 spiro atoms. The zero-order chi connectivity index (χ0) is 9.90. The molecule has 0 saturated carbocycles. The van der Waals surface area contributed by atoms with Crippen LogP contribution in [0.2, 0.25) is 0 Å². The highest BCUT2D eigenvalue weighted by Crippen LogP contribution is 2.15. The maximum absolute atomic E-state index is 10.7. The quantitative estimate of drug-likeness (QED) is 0.606. The predicted octanol–water partition coefficient (Wildman–Crippen LogP) is -0.669. The summed E-state index contributed by atoms with van der Waals surface area (Å²) in [6, 6.07) is 1.25. The minimum absolute atomic E-state index is 0.0457. The summed E-state index contributed by atoms with van der Waals surface area (Å²) in [5.74, 6) is 0. The maximum atomic E-state index is 10.7. The Bertz CT molecular complexity index is 370. The largest absolute Gasteiger partial charge is 0.449 e. The van der Waals surface area contributed by atoms with Crippen molar-refractivity contribution in [2.24, 2.45) is 5.14 Å². The van der Waals surface area contributed by atoms with Crippen LogP contribution in [0.4, 0.5) is 5.69 Å². The highest BCUT2D eigenvalue weighted by molar-refractivity contribution is 7.89. The number of nitrogens with one attached hydrogen (secondary N) is 1. The summed E-state index contributed by atoms with van der Waals surface area (Å²) >= 11 is 0. The van der Waals surface area contributed by atoms with E-state index in [4.69, 9.17) is 10.2 Å². The van der Waals surface area contributed by atoms with Gasteiger partial charge in [0.2, 0.25) is 5.09 Å². The minimum atomic E-state index is -3.78. The molecule has 0 unspecified atom stereocenters. The average molecular weight is 206 g/mol. The standard InChI is InChI=1S/C6H10N2O4S/c7-13(10,11)6-3-5(4-12-6)8-1-2-9/h3-4,8-9H,1-2H2,(H2,7,10,11). The lowest BCUT2D eigenvalue weighted by molar-refractivity contribution is 0.311. The number of nitrogens with two attached hydrogens (primary N) is 1. The molecule has 0 saturated heterocycles. The van der Waals surface area contributed by atoms with E-state index >= 15 is 0 Å². The number of aliphatic hydroxyl groups is 1. The van der Waals surface area contributed by atoms with Crippen LogP contribution in [0.15, 0.2) is 21.8 Å². The Hall–Kier alpha value is -1.05. The zero-order valence-electron chi connectivity index (χ0n) is 6.73. The molecule has 0 aliphatic carbocycles. The van der Waals surface area contributed by atoms with Crippen molar-refractivity contribution in [2.75, 3.05) is 18.5 Å². The van der Waals surface area contributed by atoms with Gasteiger partial charge < -0.3 is 14.8 Å². The second-order valence-electron chi connectivity index (χ2n) is 2.35. The van der Waals surface area contributed by atoms with Gasteiger partial charge in [0.25, 0.3) is 10.0 Å². The molecule has 4 N–H and O–H groups in total. The van der Waals surface area contributed by atoms with Crippen LogP contribution in [0.5, 0.6) is 0 Å². The van der Waals surface area contributed by atoms with Gasteiger partial charge in [-0.25, -0.2) is 13.6 Å².